The number of aryl methyl sites for hydroxylation is 1. The molecule has 1 aromatic carbocycles. The quantitative estimate of drug-likeness (QED) is 0.854. The zero-order valence-electron chi connectivity index (χ0n) is 9.72. The number of aromatic nitrogens is 2. The second-order valence-electron chi connectivity index (χ2n) is 3.98. The van der Waals surface area contributed by atoms with Gasteiger partial charge >= 0.3 is 0 Å². The second-order valence-corrected chi connectivity index (χ2v) is 3.98. The summed E-state index contributed by atoms with van der Waals surface area (Å²) < 4.78 is 1.87. The fraction of sp³-hybridized carbons (Fsp3) is 0.308. The molecular formula is C13H17N3. The normalized spacial score (nSPS) is 12.7. The molecule has 0 aliphatic heterocycles. The molecule has 0 fully saturated rings. The first-order valence-electron chi connectivity index (χ1n) is 5.56. The van der Waals surface area contributed by atoms with Crippen molar-refractivity contribution < 1.29 is 0 Å². The molecule has 0 aliphatic rings. The van der Waals surface area contributed by atoms with E-state index in [0.29, 0.717) is 0 Å². The zero-order valence-corrected chi connectivity index (χ0v) is 9.72. The van der Waals surface area contributed by atoms with Crippen LogP contribution in [0.1, 0.15) is 24.9 Å². The van der Waals surface area contributed by atoms with Crippen LogP contribution in [0, 0.1) is 0 Å². The van der Waals surface area contributed by atoms with Gasteiger partial charge < -0.3 is 5.73 Å². The maximum absolute atomic E-state index is 5.98. The molecule has 0 saturated carbocycles. The predicted molar refractivity (Wildman–Crippen MR) is 65.9 cm³/mol. The average Bonchev–Trinajstić information content (AvgIpc) is 2.75. The smallest absolute Gasteiger partial charge is 0.0678 e. The summed E-state index contributed by atoms with van der Waals surface area (Å²) in [6.45, 7) is 2.10. The Bertz CT molecular complexity index is 456. The van der Waals surface area contributed by atoms with Gasteiger partial charge in [-0.2, -0.15) is 5.10 Å². The number of hydrogen-bond acceptors (Lipinski definition) is 2. The molecule has 1 atom stereocenters. The molecule has 84 valence electrons. The summed E-state index contributed by atoms with van der Waals surface area (Å²) in [5, 5.41) is 4.16. The van der Waals surface area contributed by atoms with Gasteiger partial charge in [-0.25, -0.2) is 0 Å². The molecule has 1 aromatic heterocycles. The van der Waals surface area contributed by atoms with Crippen molar-refractivity contribution in [2.24, 2.45) is 12.8 Å². The van der Waals surface area contributed by atoms with Crippen LogP contribution in [0.5, 0.6) is 0 Å². The number of benzene rings is 1. The molecule has 0 spiro atoms. The number of rotatable bonds is 3. The van der Waals surface area contributed by atoms with Crippen molar-refractivity contribution in [3.63, 3.8) is 0 Å². The van der Waals surface area contributed by atoms with Gasteiger partial charge in [-0.1, -0.05) is 31.2 Å². The van der Waals surface area contributed by atoms with Crippen molar-refractivity contribution in [3.8, 4) is 11.3 Å². The maximum Gasteiger partial charge on any atom is 0.0678 e. The Labute approximate surface area is 95.9 Å². The molecule has 2 aromatic rings. The lowest BCUT2D eigenvalue weighted by atomic mass is 10.0. The third-order valence-corrected chi connectivity index (χ3v) is 2.90. The first kappa shape index (κ1) is 10.9. The van der Waals surface area contributed by atoms with E-state index in [1.54, 1.807) is 6.20 Å². The summed E-state index contributed by atoms with van der Waals surface area (Å²) in [5.41, 5.74) is 9.46. The highest BCUT2D eigenvalue weighted by Crippen LogP contribution is 2.21. The van der Waals surface area contributed by atoms with E-state index < -0.39 is 0 Å². The molecule has 0 amide bonds. The van der Waals surface area contributed by atoms with E-state index in [0.717, 1.165) is 12.1 Å². The maximum atomic E-state index is 5.98. The van der Waals surface area contributed by atoms with Crippen molar-refractivity contribution in [2.45, 2.75) is 19.4 Å². The number of nitrogens with zero attached hydrogens (tertiary/aromatic N) is 2. The third kappa shape index (κ3) is 1.99. The van der Waals surface area contributed by atoms with Gasteiger partial charge in [0.25, 0.3) is 0 Å². The van der Waals surface area contributed by atoms with Crippen molar-refractivity contribution in [1.29, 1.82) is 0 Å². The second kappa shape index (κ2) is 4.49. The zero-order chi connectivity index (χ0) is 11.5. The Balaban J connectivity index is 2.30. The fourth-order valence-corrected chi connectivity index (χ4v) is 1.79. The van der Waals surface area contributed by atoms with E-state index in [4.69, 9.17) is 5.73 Å². The molecule has 3 heteroatoms. The first-order valence-corrected chi connectivity index (χ1v) is 5.56. The molecule has 1 unspecified atom stereocenters. The molecule has 0 aliphatic carbocycles. The highest BCUT2D eigenvalue weighted by atomic mass is 15.2. The van der Waals surface area contributed by atoms with Crippen LogP contribution in [0.15, 0.2) is 36.5 Å². The van der Waals surface area contributed by atoms with E-state index in [9.17, 15) is 0 Å². The number of nitrogens with two attached hydrogens (primary N) is 1. The molecule has 2 N–H and O–H groups in total. The average molecular weight is 215 g/mol. The van der Waals surface area contributed by atoms with E-state index in [1.165, 1.54) is 11.1 Å². The standard InChI is InChI=1S/C13H17N3/c1-3-12(14)10-4-6-11(7-5-10)13-8-9-15-16(13)2/h4-9,12H,3,14H2,1-2H3. The van der Waals surface area contributed by atoms with Crippen molar-refractivity contribution in [1.82, 2.24) is 9.78 Å². The minimum Gasteiger partial charge on any atom is -0.324 e. The van der Waals surface area contributed by atoms with Crippen molar-refractivity contribution in [3.05, 3.63) is 42.1 Å². The lowest BCUT2D eigenvalue weighted by Crippen LogP contribution is -2.08. The molecular weight excluding hydrogens is 198 g/mol. The van der Waals surface area contributed by atoms with Crippen LogP contribution >= 0.6 is 0 Å². The van der Waals surface area contributed by atoms with Gasteiger partial charge in [0.15, 0.2) is 0 Å². The number of hydrogen-bond donors (Lipinski definition) is 1. The Morgan fingerprint density at radius 2 is 1.94 bits per heavy atom. The molecule has 1 heterocycles. The van der Waals surface area contributed by atoms with Crippen LogP contribution in [0.25, 0.3) is 11.3 Å². The van der Waals surface area contributed by atoms with Gasteiger partial charge in [0.1, 0.15) is 0 Å². The van der Waals surface area contributed by atoms with Crippen LogP contribution in [-0.2, 0) is 7.05 Å². The Morgan fingerprint density at radius 3 is 2.44 bits per heavy atom. The highest BCUT2D eigenvalue weighted by Gasteiger charge is 2.05. The largest absolute Gasteiger partial charge is 0.324 e. The van der Waals surface area contributed by atoms with E-state index in [-0.39, 0.29) is 6.04 Å². The van der Waals surface area contributed by atoms with E-state index in [1.807, 2.05) is 17.8 Å². The first-order chi connectivity index (χ1) is 7.72. The summed E-state index contributed by atoms with van der Waals surface area (Å²) in [7, 11) is 1.95. The molecule has 0 bridgehead atoms. The SMILES string of the molecule is CCC(N)c1ccc(-c2ccnn2C)cc1. The summed E-state index contributed by atoms with van der Waals surface area (Å²) in [6.07, 6.45) is 2.77. The van der Waals surface area contributed by atoms with Crippen LogP contribution in [0.4, 0.5) is 0 Å². The Hall–Kier alpha value is -1.61. The summed E-state index contributed by atoms with van der Waals surface area (Å²) >= 11 is 0. The van der Waals surface area contributed by atoms with Crippen LogP contribution in [-0.4, -0.2) is 9.78 Å². The van der Waals surface area contributed by atoms with Crippen molar-refractivity contribution in [2.75, 3.05) is 0 Å². The van der Waals surface area contributed by atoms with Gasteiger partial charge in [-0.15, -0.1) is 0 Å². The Kier molecular flexibility index (Phi) is 3.06. The summed E-state index contributed by atoms with van der Waals surface area (Å²) in [6, 6.07) is 10.5. The monoisotopic (exact) mass is 215 g/mol. The van der Waals surface area contributed by atoms with E-state index >= 15 is 0 Å². The predicted octanol–water partition coefficient (Wildman–Crippen LogP) is 2.50. The molecule has 0 saturated heterocycles. The van der Waals surface area contributed by atoms with Crippen LogP contribution in [0.2, 0.25) is 0 Å². The topological polar surface area (TPSA) is 43.8 Å². The molecule has 3 nitrogen and oxygen atoms in total. The Morgan fingerprint density at radius 1 is 1.25 bits per heavy atom. The molecule has 16 heavy (non-hydrogen) atoms. The summed E-state index contributed by atoms with van der Waals surface area (Å²) in [5.74, 6) is 0. The fourth-order valence-electron chi connectivity index (χ4n) is 1.79. The minimum absolute atomic E-state index is 0.139. The van der Waals surface area contributed by atoms with Gasteiger partial charge in [0.05, 0.1) is 5.69 Å². The van der Waals surface area contributed by atoms with E-state index in [2.05, 4.69) is 36.3 Å². The lowest BCUT2D eigenvalue weighted by Gasteiger charge is -2.10. The van der Waals surface area contributed by atoms with Gasteiger partial charge in [-0.3, -0.25) is 4.68 Å². The minimum atomic E-state index is 0.139. The van der Waals surface area contributed by atoms with Crippen molar-refractivity contribution >= 4 is 0 Å². The third-order valence-electron chi connectivity index (χ3n) is 2.90. The summed E-state index contributed by atoms with van der Waals surface area (Å²) in [4.78, 5) is 0. The van der Waals surface area contributed by atoms with Gasteiger partial charge in [-0.05, 0) is 23.6 Å². The van der Waals surface area contributed by atoms with Gasteiger partial charge in [0.2, 0.25) is 0 Å². The van der Waals surface area contributed by atoms with Crippen LogP contribution in [0.3, 0.4) is 0 Å². The molecule has 0 radical (unpaired) electrons. The molecule has 2 rings (SSSR count). The lowest BCUT2D eigenvalue weighted by molar-refractivity contribution is 0.699. The highest BCUT2D eigenvalue weighted by molar-refractivity contribution is 5.59. The van der Waals surface area contributed by atoms with Crippen LogP contribution < -0.4 is 5.73 Å². The van der Waals surface area contributed by atoms with Gasteiger partial charge in [0, 0.05) is 19.3 Å².